The molecule has 104 valence electrons. The summed E-state index contributed by atoms with van der Waals surface area (Å²) in [6.07, 6.45) is 4.21. The molecule has 0 spiro atoms. The number of carboxylic acid groups (broad SMARTS) is 1. The number of amides is 2. The van der Waals surface area contributed by atoms with Gasteiger partial charge in [-0.15, -0.1) is 0 Å². The van der Waals surface area contributed by atoms with E-state index in [0.29, 0.717) is 0 Å². The highest BCUT2D eigenvalue weighted by molar-refractivity contribution is 5.74. The molecule has 1 aliphatic carbocycles. The lowest BCUT2D eigenvalue weighted by Gasteiger charge is -2.31. The van der Waals surface area contributed by atoms with Crippen LogP contribution in [-0.2, 0) is 4.79 Å². The maximum absolute atomic E-state index is 11.8. The van der Waals surface area contributed by atoms with Crippen molar-refractivity contribution in [1.29, 1.82) is 0 Å². The third-order valence-corrected chi connectivity index (χ3v) is 3.42. The fourth-order valence-corrected chi connectivity index (χ4v) is 2.20. The van der Waals surface area contributed by atoms with Crippen LogP contribution in [0.3, 0.4) is 0 Å². The third kappa shape index (κ3) is 4.52. The molecule has 1 fully saturated rings. The molecule has 0 heterocycles. The quantitative estimate of drug-likeness (QED) is 0.680. The Bertz CT molecular complexity index is 290. The molecule has 0 radical (unpaired) electrons. The molecule has 1 rings (SSSR count). The van der Waals surface area contributed by atoms with Crippen LogP contribution in [0.1, 0.15) is 38.5 Å². The fourth-order valence-electron chi connectivity index (χ4n) is 2.20. The van der Waals surface area contributed by atoms with Crippen LogP contribution >= 0.6 is 0 Å². The van der Waals surface area contributed by atoms with Gasteiger partial charge >= 0.3 is 12.0 Å². The van der Waals surface area contributed by atoms with Gasteiger partial charge in [0.15, 0.2) is 6.10 Å². The number of nitrogens with one attached hydrogen (secondary N) is 1. The van der Waals surface area contributed by atoms with Gasteiger partial charge in [0.05, 0.1) is 0 Å². The highest BCUT2D eigenvalue weighted by Crippen LogP contribution is 2.21. The Balaban J connectivity index is 2.24. The average molecular weight is 258 g/mol. The Morgan fingerprint density at radius 2 is 1.94 bits per heavy atom. The molecule has 6 nitrogen and oxygen atoms in total. The third-order valence-electron chi connectivity index (χ3n) is 3.42. The number of aliphatic carboxylic acids is 1. The molecule has 1 saturated carbocycles. The summed E-state index contributed by atoms with van der Waals surface area (Å²) in [7, 11) is 1.76. The van der Waals surface area contributed by atoms with Crippen LogP contribution in [0.2, 0.25) is 0 Å². The standard InChI is InChI=1S/C12H22N2O4/c1-14(9-5-3-2-4-6-9)12(18)13-8-7-10(15)11(16)17/h9-10,15H,2-8H2,1H3,(H,13,18)(H,16,17)/t10-/m0/s1. The molecule has 18 heavy (non-hydrogen) atoms. The van der Waals surface area contributed by atoms with Crippen LogP contribution in [0.5, 0.6) is 0 Å². The molecule has 0 aromatic heterocycles. The second kappa shape index (κ2) is 7.20. The lowest BCUT2D eigenvalue weighted by Crippen LogP contribution is -2.45. The van der Waals surface area contributed by atoms with Gasteiger partial charge in [0.1, 0.15) is 0 Å². The summed E-state index contributed by atoms with van der Waals surface area (Å²) in [6.45, 7) is 0.170. The summed E-state index contributed by atoms with van der Waals surface area (Å²) in [5, 5.41) is 20.2. The number of carboxylic acids is 1. The van der Waals surface area contributed by atoms with Crippen molar-refractivity contribution >= 4 is 12.0 Å². The molecular weight excluding hydrogens is 236 g/mol. The Labute approximate surface area is 107 Å². The van der Waals surface area contributed by atoms with Crippen molar-refractivity contribution in [2.45, 2.75) is 50.7 Å². The van der Waals surface area contributed by atoms with E-state index in [1.165, 1.54) is 6.42 Å². The summed E-state index contributed by atoms with van der Waals surface area (Å²) in [4.78, 5) is 23.8. The van der Waals surface area contributed by atoms with Crippen molar-refractivity contribution in [3.8, 4) is 0 Å². The first-order chi connectivity index (χ1) is 8.52. The van der Waals surface area contributed by atoms with Gasteiger partial charge < -0.3 is 20.4 Å². The van der Waals surface area contributed by atoms with Gasteiger partial charge in [-0.05, 0) is 12.8 Å². The number of nitrogens with zero attached hydrogens (tertiary/aromatic N) is 1. The number of carbonyl (C=O) groups is 2. The minimum Gasteiger partial charge on any atom is -0.479 e. The van der Waals surface area contributed by atoms with Gasteiger partial charge in [0, 0.05) is 26.1 Å². The molecule has 0 aromatic carbocycles. The van der Waals surface area contributed by atoms with Crippen molar-refractivity contribution in [2.24, 2.45) is 0 Å². The topological polar surface area (TPSA) is 89.9 Å². The first-order valence-corrected chi connectivity index (χ1v) is 6.44. The maximum atomic E-state index is 11.8. The predicted molar refractivity (Wildman–Crippen MR) is 66.3 cm³/mol. The molecule has 1 aliphatic rings. The second-order valence-corrected chi connectivity index (χ2v) is 4.78. The first kappa shape index (κ1) is 14.8. The van der Waals surface area contributed by atoms with E-state index in [2.05, 4.69) is 5.32 Å². The van der Waals surface area contributed by atoms with E-state index in [-0.39, 0.29) is 25.0 Å². The molecule has 3 N–H and O–H groups in total. The smallest absolute Gasteiger partial charge is 0.332 e. The van der Waals surface area contributed by atoms with E-state index < -0.39 is 12.1 Å². The molecule has 0 saturated heterocycles. The number of urea groups is 1. The number of rotatable bonds is 5. The van der Waals surface area contributed by atoms with Gasteiger partial charge in [0.25, 0.3) is 0 Å². The zero-order chi connectivity index (χ0) is 13.5. The van der Waals surface area contributed by atoms with Crippen molar-refractivity contribution < 1.29 is 19.8 Å². The van der Waals surface area contributed by atoms with Crippen LogP contribution in [0, 0.1) is 0 Å². The van der Waals surface area contributed by atoms with E-state index in [4.69, 9.17) is 10.2 Å². The second-order valence-electron chi connectivity index (χ2n) is 4.78. The minimum atomic E-state index is -1.41. The summed E-state index contributed by atoms with van der Waals surface area (Å²) < 4.78 is 0. The number of hydrogen-bond acceptors (Lipinski definition) is 3. The van der Waals surface area contributed by atoms with Crippen molar-refractivity contribution in [3.05, 3.63) is 0 Å². The van der Waals surface area contributed by atoms with Gasteiger partial charge in [-0.3, -0.25) is 0 Å². The van der Waals surface area contributed by atoms with Crippen LogP contribution in [0.4, 0.5) is 4.79 Å². The molecule has 6 heteroatoms. The Morgan fingerprint density at radius 1 is 1.33 bits per heavy atom. The van der Waals surface area contributed by atoms with Crippen LogP contribution in [0.25, 0.3) is 0 Å². The zero-order valence-corrected chi connectivity index (χ0v) is 10.8. The summed E-state index contributed by atoms with van der Waals surface area (Å²) in [6, 6.07) is 0.0858. The molecule has 0 aromatic rings. The Morgan fingerprint density at radius 3 is 2.50 bits per heavy atom. The van der Waals surface area contributed by atoms with E-state index in [0.717, 1.165) is 25.7 Å². The summed E-state index contributed by atoms with van der Waals surface area (Å²) in [5.74, 6) is -1.26. The molecule has 0 bridgehead atoms. The molecule has 1 atom stereocenters. The Kier molecular flexibility index (Phi) is 5.91. The van der Waals surface area contributed by atoms with Gasteiger partial charge in [-0.1, -0.05) is 19.3 Å². The van der Waals surface area contributed by atoms with E-state index >= 15 is 0 Å². The van der Waals surface area contributed by atoms with E-state index in [1.807, 2.05) is 0 Å². The average Bonchev–Trinajstić information content (AvgIpc) is 2.38. The number of hydrogen-bond donors (Lipinski definition) is 3. The van der Waals surface area contributed by atoms with Crippen molar-refractivity contribution in [1.82, 2.24) is 10.2 Å². The van der Waals surface area contributed by atoms with Gasteiger partial charge in [-0.2, -0.15) is 0 Å². The lowest BCUT2D eigenvalue weighted by atomic mass is 9.95. The number of carbonyl (C=O) groups excluding carboxylic acids is 1. The summed E-state index contributed by atoms with van der Waals surface area (Å²) >= 11 is 0. The van der Waals surface area contributed by atoms with E-state index in [1.54, 1.807) is 11.9 Å². The van der Waals surface area contributed by atoms with Crippen LogP contribution in [0.15, 0.2) is 0 Å². The van der Waals surface area contributed by atoms with Crippen LogP contribution < -0.4 is 5.32 Å². The van der Waals surface area contributed by atoms with E-state index in [9.17, 15) is 9.59 Å². The van der Waals surface area contributed by atoms with Gasteiger partial charge in [-0.25, -0.2) is 9.59 Å². The normalized spacial score (nSPS) is 18.1. The minimum absolute atomic E-state index is 0.0274. The van der Waals surface area contributed by atoms with Gasteiger partial charge in [0.2, 0.25) is 0 Å². The fraction of sp³-hybridized carbons (Fsp3) is 0.833. The monoisotopic (exact) mass is 258 g/mol. The first-order valence-electron chi connectivity index (χ1n) is 6.44. The zero-order valence-electron chi connectivity index (χ0n) is 10.8. The lowest BCUT2D eigenvalue weighted by molar-refractivity contribution is -0.146. The number of aliphatic hydroxyl groups is 1. The Hall–Kier alpha value is -1.30. The maximum Gasteiger partial charge on any atom is 0.332 e. The molecule has 0 aliphatic heterocycles. The number of aliphatic hydroxyl groups excluding tert-OH is 1. The van der Waals surface area contributed by atoms with Crippen molar-refractivity contribution in [2.75, 3.05) is 13.6 Å². The predicted octanol–water partition coefficient (Wildman–Crippen LogP) is 0.796. The summed E-state index contributed by atoms with van der Waals surface area (Å²) in [5.41, 5.74) is 0. The molecule has 0 unspecified atom stereocenters. The van der Waals surface area contributed by atoms with Crippen LogP contribution in [-0.4, -0.2) is 52.9 Å². The van der Waals surface area contributed by atoms with Crippen molar-refractivity contribution in [3.63, 3.8) is 0 Å². The molecule has 2 amide bonds. The SMILES string of the molecule is CN(C(=O)NCC[C@H](O)C(=O)O)C1CCCCC1. The highest BCUT2D eigenvalue weighted by atomic mass is 16.4. The molecular formula is C12H22N2O4. The largest absolute Gasteiger partial charge is 0.479 e. The highest BCUT2D eigenvalue weighted by Gasteiger charge is 2.22.